The fourth-order valence-corrected chi connectivity index (χ4v) is 2.63. The Balaban J connectivity index is 2.25. The molecule has 0 saturated carbocycles. The molecule has 0 aliphatic heterocycles. The number of benzene rings is 1. The van der Waals surface area contributed by atoms with Crippen LogP contribution in [-0.4, -0.2) is 31.7 Å². The number of tetrazole rings is 1. The van der Waals surface area contributed by atoms with Crippen molar-refractivity contribution < 1.29 is 9.90 Å². The largest absolute Gasteiger partial charge is 0.481 e. The maximum Gasteiger partial charge on any atom is 0.307 e. The fourth-order valence-electron chi connectivity index (χ4n) is 2.63. The van der Waals surface area contributed by atoms with Crippen molar-refractivity contribution in [2.24, 2.45) is 11.7 Å². The third-order valence-electron chi connectivity index (χ3n) is 3.83. The van der Waals surface area contributed by atoms with Crippen LogP contribution in [0.4, 0.5) is 0 Å². The summed E-state index contributed by atoms with van der Waals surface area (Å²) in [7, 11) is 0. The van der Waals surface area contributed by atoms with E-state index in [2.05, 4.69) is 20.6 Å². The molecule has 2 rings (SSSR count). The van der Waals surface area contributed by atoms with E-state index >= 15 is 0 Å². The van der Waals surface area contributed by atoms with E-state index in [1.165, 1.54) is 0 Å². The Morgan fingerprint density at radius 1 is 1.32 bits per heavy atom. The van der Waals surface area contributed by atoms with E-state index in [-0.39, 0.29) is 5.92 Å². The number of aromatic nitrogens is 4. The average Bonchev–Trinajstić information content (AvgIpc) is 3.05. The highest BCUT2D eigenvalue weighted by molar-refractivity contribution is 5.71. The molecular formula is C15H21N5O2. The first-order valence-corrected chi connectivity index (χ1v) is 7.40. The number of hydrogen-bond acceptors (Lipinski definition) is 5. The number of carboxylic acids is 1. The van der Waals surface area contributed by atoms with Crippen LogP contribution >= 0.6 is 0 Å². The van der Waals surface area contributed by atoms with Crippen LogP contribution in [0.2, 0.25) is 0 Å². The molecule has 0 unspecified atom stereocenters. The molecule has 1 aromatic carbocycles. The number of nitrogens with zero attached hydrogens (tertiary/aromatic N) is 3. The first-order chi connectivity index (χ1) is 10.7. The SMILES string of the molecule is CCC[C@H](C(=O)O)[C@H](Cc1ccc(CN)cc1)c1nnn[nH]1. The number of nitrogens with two attached hydrogens (primary N) is 1. The van der Waals surface area contributed by atoms with Crippen molar-refractivity contribution in [3.05, 3.63) is 41.2 Å². The number of carboxylic acid groups (broad SMARTS) is 1. The lowest BCUT2D eigenvalue weighted by molar-refractivity contribution is -0.142. The second-order valence-electron chi connectivity index (χ2n) is 5.35. The number of H-pyrrole nitrogens is 1. The first-order valence-electron chi connectivity index (χ1n) is 7.40. The predicted octanol–water partition coefficient (Wildman–Crippen LogP) is 1.49. The van der Waals surface area contributed by atoms with Crippen LogP contribution < -0.4 is 5.73 Å². The van der Waals surface area contributed by atoms with Crippen LogP contribution in [0.5, 0.6) is 0 Å². The Labute approximate surface area is 128 Å². The molecule has 1 heterocycles. The van der Waals surface area contributed by atoms with E-state index in [4.69, 9.17) is 5.73 Å². The number of aliphatic carboxylic acids is 1. The van der Waals surface area contributed by atoms with E-state index in [1.807, 2.05) is 31.2 Å². The number of aromatic amines is 1. The number of carbonyl (C=O) groups is 1. The van der Waals surface area contributed by atoms with Gasteiger partial charge in [-0.15, -0.1) is 5.10 Å². The monoisotopic (exact) mass is 303 g/mol. The minimum atomic E-state index is -0.818. The van der Waals surface area contributed by atoms with Gasteiger partial charge in [0.15, 0.2) is 5.82 Å². The normalized spacial score (nSPS) is 13.7. The molecule has 0 bridgehead atoms. The van der Waals surface area contributed by atoms with Crippen molar-refractivity contribution in [3.8, 4) is 0 Å². The molecule has 4 N–H and O–H groups in total. The zero-order chi connectivity index (χ0) is 15.9. The lowest BCUT2D eigenvalue weighted by Crippen LogP contribution is -2.25. The van der Waals surface area contributed by atoms with E-state index < -0.39 is 11.9 Å². The zero-order valence-electron chi connectivity index (χ0n) is 12.6. The summed E-state index contributed by atoms with van der Waals surface area (Å²) in [5, 5.41) is 23.4. The highest BCUT2D eigenvalue weighted by Crippen LogP contribution is 2.29. The van der Waals surface area contributed by atoms with Gasteiger partial charge in [-0.3, -0.25) is 4.79 Å². The fraction of sp³-hybridized carbons (Fsp3) is 0.467. The topological polar surface area (TPSA) is 118 Å². The Kier molecular flexibility index (Phi) is 5.60. The highest BCUT2D eigenvalue weighted by atomic mass is 16.4. The van der Waals surface area contributed by atoms with Gasteiger partial charge < -0.3 is 10.8 Å². The van der Waals surface area contributed by atoms with Crippen LogP contribution in [-0.2, 0) is 17.8 Å². The van der Waals surface area contributed by atoms with E-state index in [9.17, 15) is 9.90 Å². The van der Waals surface area contributed by atoms with Crippen molar-refractivity contribution in [1.29, 1.82) is 0 Å². The Morgan fingerprint density at radius 2 is 2.00 bits per heavy atom. The summed E-state index contributed by atoms with van der Waals surface area (Å²) in [6.07, 6.45) is 1.95. The summed E-state index contributed by atoms with van der Waals surface area (Å²) in [5.41, 5.74) is 7.69. The van der Waals surface area contributed by atoms with Crippen molar-refractivity contribution in [2.45, 2.75) is 38.6 Å². The average molecular weight is 303 g/mol. The summed E-state index contributed by atoms with van der Waals surface area (Å²) in [4.78, 5) is 11.6. The van der Waals surface area contributed by atoms with Gasteiger partial charge in [0.05, 0.1) is 5.92 Å². The van der Waals surface area contributed by atoms with Gasteiger partial charge in [0, 0.05) is 12.5 Å². The molecule has 0 aliphatic rings. The van der Waals surface area contributed by atoms with Gasteiger partial charge in [-0.05, 0) is 34.4 Å². The number of hydrogen-bond donors (Lipinski definition) is 3. The van der Waals surface area contributed by atoms with Gasteiger partial charge in [-0.2, -0.15) is 0 Å². The molecule has 7 heteroatoms. The molecule has 0 radical (unpaired) electrons. The van der Waals surface area contributed by atoms with Gasteiger partial charge in [0.25, 0.3) is 0 Å². The maximum atomic E-state index is 11.6. The summed E-state index contributed by atoms with van der Waals surface area (Å²) in [6, 6.07) is 7.87. The first kappa shape index (κ1) is 16.1. The zero-order valence-corrected chi connectivity index (χ0v) is 12.6. The Hall–Kier alpha value is -2.28. The molecule has 2 aromatic rings. The van der Waals surface area contributed by atoms with Crippen molar-refractivity contribution in [1.82, 2.24) is 20.6 Å². The minimum absolute atomic E-state index is 0.281. The molecular weight excluding hydrogens is 282 g/mol. The maximum absolute atomic E-state index is 11.6. The van der Waals surface area contributed by atoms with Crippen LogP contribution in [0.1, 0.15) is 42.6 Å². The summed E-state index contributed by atoms with van der Waals surface area (Å²) in [5.74, 6) is -1.10. The molecule has 0 spiro atoms. The van der Waals surface area contributed by atoms with Crippen LogP contribution in [0.25, 0.3) is 0 Å². The molecule has 1 aromatic heterocycles. The van der Waals surface area contributed by atoms with Crippen LogP contribution in [0.15, 0.2) is 24.3 Å². The second-order valence-corrected chi connectivity index (χ2v) is 5.35. The molecule has 0 saturated heterocycles. The molecule has 0 amide bonds. The van der Waals surface area contributed by atoms with Crippen molar-refractivity contribution >= 4 is 5.97 Å². The summed E-state index contributed by atoms with van der Waals surface area (Å²) >= 11 is 0. The van der Waals surface area contributed by atoms with Crippen LogP contribution in [0, 0.1) is 5.92 Å². The van der Waals surface area contributed by atoms with E-state index in [0.29, 0.717) is 25.2 Å². The molecule has 7 nitrogen and oxygen atoms in total. The lowest BCUT2D eigenvalue weighted by atomic mass is 9.83. The third kappa shape index (κ3) is 3.88. The number of nitrogens with one attached hydrogen (secondary N) is 1. The van der Waals surface area contributed by atoms with Gasteiger partial charge in [-0.25, -0.2) is 5.10 Å². The minimum Gasteiger partial charge on any atom is -0.481 e. The Bertz CT molecular complexity index is 582. The van der Waals surface area contributed by atoms with Crippen LogP contribution in [0.3, 0.4) is 0 Å². The van der Waals surface area contributed by atoms with Crippen molar-refractivity contribution in [2.75, 3.05) is 0 Å². The second kappa shape index (κ2) is 7.65. The van der Waals surface area contributed by atoms with E-state index in [1.54, 1.807) is 0 Å². The lowest BCUT2D eigenvalue weighted by Gasteiger charge is -2.21. The summed E-state index contributed by atoms with van der Waals surface area (Å²) < 4.78 is 0. The molecule has 118 valence electrons. The quantitative estimate of drug-likeness (QED) is 0.680. The molecule has 0 aliphatic carbocycles. The van der Waals surface area contributed by atoms with Gasteiger partial charge >= 0.3 is 5.97 Å². The number of rotatable bonds is 8. The van der Waals surface area contributed by atoms with E-state index in [0.717, 1.165) is 17.5 Å². The molecule has 2 atom stereocenters. The summed E-state index contributed by atoms with van der Waals surface area (Å²) in [6.45, 7) is 2.46. The van der Waals surface area contributed by atoms with Gasteiger partial charge in [0.1, 0.15) is 0 Å². The standard InChI is InChI=1S/C15H21N5O2/c1-2-3-12(15(21)22)13(14-17-19-20-18-14)8-10-4-6-11(9-16)7-5-10/h4-7,12-13H,2-3,8-9,16H2,1H3,(H,21,22)(H,17,18,19,20)/t12-,13-/m0/s1. The van der Waals surface area contributed by atoms with Gasteiger partial charge in [-0.1, -0.05) is 37.6 Å². The van der Waals surface area contributed by atoms with Crippen molar-refractivity contribution in [3.63, 3.8) is 0 Å². The third-order valence-corrected chi connectivity index (χ3v) is 3.83. The van der Waals surface area contributed by atoms with Gasteiger partial charge in [0.2, 0.25) is 0 Å². The Morgan fingerprint density at radius 3 is 2.50 bits per heavy atom. The highest BCUT2D eigenvalue weighted by Gasteiger charge is 2.31. The molecule has 0 fully saturated rings. The predicted molar refractivity (Wildman–Crippen MR) is 81.0 cm³/mol. The molecule has 22 heavy (non-hydrogen) atoms. The smallest absolute Gasteiger partial charge is 0.307 e.